The molecule has 0 bridgehead atoms. The number of rotatable bonds is 0. The molecule has 2 aromatic rings. The highest BCUT2D eigenvalue weighted by Gasteiger charge is 2.17. The summed E-state index contributed by atoms with van der Waals surface area (Å²) in [6.07, 6.45) is 1.45. The van der Waals surface area contributed by atoms with Crippen molar-refractivity contribution < 1.29 is 10.2 Å². The normalized spacial score (nSPS) is 11.9. The van der Waals surface area contributed by atoms with Crippen LogP contribution in [0.3, 0.4) is 0 Å². The van der Waals surface area contributed by atoms with E-state index < -0.39 is 0 Å². The summed E-state index contributed by atoms with van der Waals surface area (Å²) >= 11 is 0. The second kappa shape index (κ2) is 3.48. The van der Waals surface area contributed by atoms with Crippen molar-refractivity contribution in [2.45, 2.75) is 26.3 Å². The predicted octanol–water partition coefficient (Wildman–Crippen LogP) is 1.56. The molecule has 0 amide bonds. The van der Waals surface area contributed by atoms with Crippen molar-refractivity contribution in [3.8, 4) is 11.5 Å². The molecule has 0 fully saturated rings. The first-order chi connectivity index (χ1) is 7.80. The van der Waals surface area contributed by atoms with E-state index in [4.69, 9.17) is 0 Å². The number of fused-ring (bicyclic) bond motifs is 1. The number of benzene rings is 1. The summed E-state index contributed by atoms with van der Waals surface area (Å²) in [7, 11) is 0. The van der Waals surface area contributed by atoms with Gasteiger partial charge in [-0.25, -0.2) is 4.98 Å². The van der Waals surface area contributed by atoms with E-state index in [0.717, 1.165) is 0 Å². The maximum absolute atomic E-state index is 12.2. The van der Waals surface area contributed by atoms with Gasteiger partial charge in [0.05, 0.1) is 17.2 Å². The lowest BCUT2D eigenvalue weighted by Crippen LogP contribution is -2.33. The Morgan fingerprint density at radius 2 is 1.76 bits per heavy atom. The third-order valence-electron chi connectivity index (χ3n) is 2.58. The van der Waals surface area contributed by atoms with E-state index in [1.54, 1.807) is 0 Å². The van der Waals surface area contributed by atoms with Crippen molar-refractivity contribution in [2.75, 3.05) is 0 Å². The Morgan fingerprint density at radius 1 is 1.18 bits per heavy atom. The first kappa shape index (κ1) is 11.4. The largest absolute Gasteiger partial charge is 0.504 e. The Bertz CT molecular complexity index is 638. The van der Waals surface area contributed by atoms with Gasteiger partial charge in [0.15, 0.2) is 11.5 Å². The predicted molar refractivity (Wildman–Crippen MR) is 64.3 cm³/mol. The molecule has 0 aliphatic carbocycles. The minimum atomic E-state index is -0.383. The molecule has 1 aromatic carbocycles. The quantitative estimate of drug-likeness (QED) is 0.678. The first-order valence-electron chi connectivity index (χ1n) is 5.24. The summed E-state index contributed by atoms with van der Waals surface area (Å²) in [6, 6.07) is 2.52. The molecule has 0 saturated heterocycles. The molecule has 2 N–H and O–H groups in total. The van der Waals surface area contributed by atoms with Gasteiger partial charge in [-0.05, 0) is 26.8 Å². The molecule has 5 nitrogen and oxygen atoms in total. The number of phenols is 2. The van der Waals surface area contributed by atoms with Gasteiger partial charge in [-0.1, -0.05) is 0 Å². The number of phenolic OH excluding ortho intramolecular Hbond substituents is 2. The van der Waals surface area contributed by atoms with Crippen LogP contribution in [0.4, 0.5) is 0 Å². The van der Waals surface area contributed by atoms with Crippen molar-refractivity contribution >= 4 is 10.9 Å². The van der Waals surface area contributed by atoms with E-state index in [9.17, 15) is 15.0 Å². The lowest BCUT2D eigenvalue weighted by atomic mass is 10.1. The summed E-state index contributed by atoms with van der Waals surface area (Å²) in [4.78, 5) is 16.3. The van der Waals surface area contributed by atoms with Crippen LogP contribution in [0.15, 0.2) is 23.3 Å². The van der Waals surface area contributed by atoms with E-state index in [2.05, 4.69) is 4.98 Å². The number of aromatic hydroxyl groups is 2. The third kappa shape index (κ3) is 1.84. The number of aromatic nitrogens is 2. The van der Waals surface area contributed by atoms with Gasteiger partial charge in [0.1, 0.15) is 0 Å². The van der Waals surface area contributed by atoms with E-state index in [0.29, 0.717) is 5.52 Å². The summed E-state index contributed by atoms with van der Waals surface area (Å²) in [6.45, 7) is 5.67. The molecule has 2 rings (SSSR count). The molecule has 0 aliphatic heterocycles. The van der Waals surface area contributed by atoms with Gasteiger partial charge in [-0.15, -0.1) is 0 Å². The standard InChI is InChI=1S/C12H14N2O3/c1-12(2,3)14-6-13-8-5-10(16)9(15)4-7(8)11(14)17/h4-6,15-16H,1-3H3. The minimum Gasteiger partial charge on any atom is -0.504 e. The zero-order chi connectivity index (χ0) is 12.8. The van der Waals surface area contributed by atoms with Crippen LogP contribution in [0.25, 0.3) is 10.9 Å². The molecule has 0 saturated carbocycles. The third-order valence-corrected chi connectivity index (χ3v) is 2.58. The maximum Gasteiger partial charge on any atom is 0.261 e. The summed E-state index contributed by atoms with van der Waals surface area (Å²) in [5, 5.41) is 19.0. The Kier molecular flexibility index (Phi) is 2.34. The molecule has 1 aromatic heterocycles. The Balaban J connectivity index is 2.85. The fourth-order valence-corrected chi connectivity index (χ4v) is 1.62. The van der Waals surface area contributed by atoms with Crippen LogP contribution >= 0.6 is 0 Å². The monoisotopic (exact) mass is 234 g/mol. The van der Waals surface area contributed by atoms with Crippen molar-refractivity contribution in [2.24, 2.45) is 0 Å². The minimum absolute atomic E-state index is 0.238. The molecule has 0 radical (unpaired) electrons. The highest BCUT2D eigenvalue weighted by molar-refractivity contribution is 5.81. The summed E-state index contributed by atoms with van der Waals surface area (Å²) in [5.41, 5.74) is -0.255. The fourth-order valence-electron chi connectivity index (χ4n) is 1.62. The van der Waals surface area contributed by atoms with Crippen LogP contribution in [-0.2, 0) is 5.54 Å². The zero-order valence-corrected chi connectivity index (χ0v) is 9.93. The molecular weight excluding hydrogens is 220 g/mol. The Hall–Kier alpha value is -2.04. The number of nitrogens with zero attached hydrogens (tertiary/aromatic N) is 2. The molecule has 17 heavy (non-hydrogen) atoms. The molecule has 0 aliphatic rings. The van der Waals surface area contributed by atoms with Gasteiger partial charge in [0.25, 0.3) is 5.56 Å². The van der Waals surface area contributed by atoms with Crippen LogP contribution in [0.5, 0.6) is 11.5 Å². The van der Waals surface area contributed by atoms with E-state index in [1.165, 1.54) is 23.0 Å². The van der Waals surface area contributed by atoms with Crippen molar-refractivity contribution in [1.29, 1.82) is 0 Å². The zero-order valence-electron chi connectivity index (χ0n) is 9.93. The molecule has 0 unspecified atom stereocenters. The molecule has 5 heteroatoms. The molecule has 1 heterocycles. The average Bonchev–Trinajstić information content (AvgIpc) is 2.19. The van der Waals surface area contributed by atoms with Crippen molar-refractivity contribution in [3.05, 3.63) is 28.8 Å². The lowest BCUT2D eigenvalue weighted by Gasteiger charge is -2.21. The highest BCUT2D eigenvalue weighted by atomic mass is 16.3. The smallest absolute Gasteiger partial charge is 0.261 e. The number of hydrogen-bond donors (Lipinski definition) is 2. The molecule has 90 valence electrons. The van der Waals surface area contributed by atoms with Crippen LogP contribution < -0.4 is 5.56 Å². The van der Waals surface area contributed by atoms with E-state index in [-0.39, 0.29) is 28.0 Å². The van der Waals surface area contributed by atoms with Crippen LogP contribution in [0, 0.1) is 0 Å². The number of hydrogen-bond acceptors (Lipinski definition) is 4. The van der Waals surface area contributed by atoms with Crippen LogP contribution in [0.2, 0.25) is 0 Å². The van der Waals surface area contributed by atoms with Crippen LogP contribution in [0.1, 0.15) is 20.8 Å². The van der Waals surface area contributed by atoms with Gasteiger partial charge < -0.3 is 10.2 Å². The second-order valence-electron chi connectivity index (χ2n) is 4.95. The van der Waals surface area contributed by atoms with Crippen molar-refractivity contribution in [3.63, 3.8) is 0 Å². The van der Waals surface area contributed by atoms with E-state index in [1.807, 2.05) is 20.8 Å². The molecule has 0 spiro atoms. The highest BCUT2D eigenvalue weighted by Crippen LogP contribution is 2.27. The average molecular weight is 234 g/mol. The second-order valence-corrected chi connectivity index (χ2v) is 4.95. The van der Waals surface area contributed by atoms with Gasteiger partial charge in [0.2, 0.25) is 0 Å². The van der Waals surface area contributed by atoms with Gasteiger partial charge in [0, 0.05) is 11.6 Å². The molecular formula is C12H14N2O3. The van der Waals surface area contributed by atoms with E-state index >= 15 is 0 Å². The van der Waals surface area contributed by atoms with Gasteiger partial charge in [-0.3, -0.25) is 9.36 Å². The maximum atomic E-state index is 12.2. The summed E-state index contributed by atoms with van der Waals surface area (Å²) in [5.74, 6) is -0.596. The summed E-state index contributed by atoms with van der Waals surface area (Å²) < 4.78 is 1.49. The Labute approximate surface area is 98.0 Å². The topological polar surface area (TPSA) is 75.3 Å². The van der Waals surface area contributed by atoms with Gasteiger partial charge in [-0.2, -0.15) is 0 Å². The van der Waals surface area contributed by atoms with Crippen molar-refractivity contribution in [1.82, 2.24) is 9.55 Å². The fraction of sp³-hybridized carbons (Fsp3) is 0.333. The lowest BCUT2D eigenvalue weighted by molar-refractivity contribution is 0.381. The van der Waals surface area contributed by atoms with Crippen LogP contribution in [-0.4, -0.2) is 19.8 Å². The Morgan fingerprint density at radius 3 is 2.35 bits per heavy atom. The van der Waals surface area contributed by atoms with Gasteiger partial charge >= 0.3 is 0 Å². The first-order valence-corrected chi connectivity index (χ1v) is 5.24. The SMILES string of the molecule is CC(C)(C)n1cnc2cc(O)c(O)cc2c1=O. The molecule has 0 atom stereocenters.